The number of rotatable bonds is 2. The lowest BCUT2D eigenvalue weighted by molar-refractivity contribution is -0.143. The van der Waals surface area contributed by atoms with Crippen LogP contribution >= 0.6 is 23.2 Å². The molecule has 0 heterocycles. The molecule has 0 N–H and O–H groups in total. The van der Waals surface area contributed by atoms with Crippen LogP contribution in [0.15, 0.2) is 10.6 Å². The average Bonchev–Trinajstić information content (AvgIpc) is 2.51. The molecule has 2 atom stereocenters. The lowest BCUT2D eigenvalue weighted by atomic mass is 10.1. The van der Waals surface area contributed by atoms with E-state index in [1.54, 1.807) is 6.08 Å². The van der Waals surface area contributed by atoms with Gasteiger partial charge in [-0.3, -0.25) is 4.79 Å². The molecular formula is C9H12Cl2O2. The average molecular weight is 223 g/mol. The first-order valence-electron chi connectivity index (χ1n) is 4.02. The van der Waals surface area contributed by atoms with Gasteiger partial charge in [-0.1, -0.05) is 37.0 Å². The summed E-state index contributed by atoms with van der Waals surface area (Å²) in [6, 6.07) is 0. The molecule has 1 rings (SSSR count). The largest absolute Gasteiger partial charge is 0.469 e. The molecule has 0 amide bonds. The van der Waals surface area contributed by atoms with Crippen molar-refractivity contribution in [2.24, 2.45) is 17.3 Å². The third-order valence-electron chi connectivity index (χ3n) is 2.67. The van der Waals surface area contributed by atoms with Crippen molar-refractivity contribution in [3.63, 3.8) is 0 Å². The van der Waals surface area contributed by atoms with Crippen molar-refractivity contribution in [1.29, 1.82) is 0 Å². The Hall–Kier alpha value is -0.210. The van der Waals surface area contributed by atoms with Gasteiger partial charge in [0.05, 0.1) is 13.0 Å². The summed E-state index contributed by atoms with van der Waals surface area (Å²) in [4.78, 5) is 11.2. The van der Waals surface area contributed by atoms with Gasteiger partial charge in [-0.15, -0.1) is 0 Å². The fourth-order valence-corrected chi connectivity index (χ4v) is 1.97. The highest BCUT2D eigenvalue weighted by molar-refractivity contribution is 6.55. The van der Waals surface area contributed by atoms with E-state index in [1.807, 2.05) is 13.8 Å². The number of esters is 1. The van der Waals surface area contributed by atoms with Gasteiger partial charge in [-0.05, 0) is 17.4 Å². The minimum absolute atomic E-state index is 0.0812. The highest BCUT2D eigenvalue weighted by Gasteiger charge is 2.61. The van der Waals surface area contributed by atoms with Crippen LogP contribution < -0.4 is 0 Å². The molecule has 0 radical (unpaired) electrons. The minimum Gasteiger partial charge on any atom is -0.469 e. The van der Waals surface area contributed by atoms with Gasteiger partial charge in [0.25, 0.3) is 0 Å². The smallest absolute Gasteiger partial charge is 0.309 e. The van der Waals surface area contributed by atoms with Gasteiger partial charge in [-0.25, -0.2) is 0 Å². The number of ether oxygens (including phenoxy) is 1. The minimum atomic E-state index is -0.194. The number of hydrogen-bond acceptors (Lipinski definition) is 2. The van der Waals surface area contributed by atoms with E-state index in [4.69, 9.17) is 23.2 Å². The van der Waals surface area contributed by atoms with Crippen LogP contribution in [0.4, 0.5) is 0 Å². The van der Waals surface area contributed by atoms with Gasteiger partial charge in [0.15, 0.2) is 0 Å². The Balaban J connectivity index is 2.72. The van der Waals surface area contributed by atoms with Crippen LogP contribution in [0.3, 0.4) is 0 Å². The van der Waals surface area contributed by atoms with Crippen LogP contribution in [-0.2, 0) is 9.53 Å². The normalized spacial score (nSPS) is 29.3. The Bertz CT molecular complexity index is 254. The van der Waals surface area contributed by atoms with Crippen LogP contribution in [0.2, 0.25) is 0 Å². The first-order valence-corrected chi connectivity index (χ1v) is 4.77. The fraction of sp³-hybridized carbons (Fsp3) is 0.667. The molecule has 0 spiro atoms. The predicted octanol–water partition coefficient (Wildman–Crippen LogP) is 2.75. The molecular weight excluding hydrogens is 211 g/mol. The Morgan fingerprint density at radius 3 is 2.38 bits per heavy atom. The molecule has 1 aliphatic rings. The van der Waals surface area contributed by atoms with Crippen LogP contribution in [0, 0.1) is 17.3 Å². The maximum absolute atomic E-state index is 11.2. The molecule has 0 bridgehead atoms. The molecule has 1 aliphatic carbocycles. The van der Waals surface area contributed by atoms with E-state index in [0.29, 0.717) is 0 Å². The van der Waals surface area contributed by atoms with Gasteiger partial charge in [0.1, 0.15) is 4.49 Å². The second-order valence-corrected chi connectivity index (χ2v) is 4.81. The maximum atomic E-state index is 11.2. The van der Waals surface area contributed by atoms with Crippen molar-refractivity contribution >= 4 is 29.2 Å². The predicted molar refractivity (Wildman–Crippen MR) is 52.6 cm³/mol. The molecule has 1 fully saturated rings. The van der Waals surface area contributed by atoms with E-state index < -0.39 is 0 Å². The molecule has 0 aromatic rings. The van der Waals surface area contributed by atoms with E-state index in [0.717, 1.165) is 0 Å². The van der Waals surface area contributed by atoms with Crippen molar-refractivity contribution < 1.29 is 9.53 Å². The zero-order valence-electron chi connectivity index (χ0n) is 7.80. The molecule has 74 valence electrons. The van der Waals surface area contributed by atoms with Crippen LogP contribution in [0.1, 0.15) is 13.8 Å². The number of allylic oxidation sites excluding steroid dienone is 1. The molecule has 0 aromatic heterocycles. The monoisotopic (exact) mass is 222 g/mol. The van der Waals surface area contributed by atoms with Crippen molar-refractivity contribution in [2.45, 2.75) is 13.8 Å². The summed E-state index contributed by atoms with van der Waals surface area (Å²) in [5.74, 6) is -0.198. The zero-order chi connectivity index (χ0) is 10.2. The SMILES string of the molecule is COC(=O)C1[C@@H](C=C(Cl)Cl)C1(C)C. The Labute approximate surface area is 87.8 Å². The quantitative estimate of drug-likeness (QED) is 0.673. The molecule has 2 nitrogen and oxygen atoms in total. The lowest BCUT2D eigenvalue weighted by Crippen LogP contribution is -2.07. The molecule has 13 heavy (non-hydrogen) atoms. The van der Waals surface area contributed by atoms with Gasteiger partial charge in [0, 0.05) is 0 Å². The molecule has 1 saturated carbocycles. The second kappa shape index (κ2) is 3.50. The van der Waals surface area contributed by atoms with Gasteiger partial charge in [-0.2, -0.15) is 0 Å². The zero-order valence-corrected chi connectivity index (χ0v) is 9.32. The van der Waals surface area contributed by atoms with Gasteiger partial charge >= 0.3 is 5.97 Å². The van der Waals surface area contributed by atoms with Crippen LogP contribution in [0.25, 0.3) is 0 Å². The summed E-state index contributed by atoms with van der Waals surface area (Å²) >= 11 is 11.1. The topological polar surface area (TPSA) is 26.3 Å². The van der Waals surface area contributed by atoms with E-state index in [1.165, 1.54) is 7.11 Å². The number of hydrogen-bond donors (Lipinski definition) is 0. The van der Waals surface area contributed by atoms with E-state index in [9.17, 15) is 4.79 Å². The lowest BCUT2D eigenvalue weighted by Gasteiger charge is -1.98. The van der Waals surface area contributed by atoms with Crippen LogP contribution in [-0.4, -0.2) is 13.1 Å². The third kappa shape index (κ3) is 2.00. The maximum Gasteiger partial charge on any atom is 0.309 e. The summed E-state index contributed by atoms with van der Waals surface area (Å²) < 4.78 is 4.88. The molecule has 0 aromatic carbocycles. The highest BCUT2D eigenvalue weighted by Crippen LogP contribution is 2.60. The Kier molecular flexibility index (Phi) is 2.93. The second-order valence-electron chi connectivity index (χ2n) is 3.80. The highest BCUT2D eigenvalue weighted by atomic mass is 35.5. The van der Waals surface area contributed by atoms with E-state index in [2.05, 4.69) is 4.74 Å². The number of methoxy groups -OCH3 is 1. The molecule has 0 aliphatic heterocycles. The first kappa shape index (κ1) is 10.9. The third-order valence-corrected chi connectivity index (χ3v) is 2.92. The van der Waals surface area contributed by atoms with Crippen molar-refractivity contribution in [1.82, 2.24) is 0 Å². The van der Waals surface area contributed by atoms with E-state index in [-0.39, 0.29) is 27.7 Å². The van der Waals surface area contributed by atoms with Gasteiger partial charge < -0.3 is 4.74 Å². The number of carbonyl (C=O) groups is 1. The van der Waals surface area contributed by atoms with Gasteiger partial charge in [0.2, 0.25) is 0 Å². The van der Waals surface area contributed by atoms with E-state index >= 15 is 0 Å². The molecule has 4 heteroatoms. The number of halogens is 2. The van der Waals surface area contributed by atoms with Crippen molar-refractivity contribution in [2.75, 3.05) is 7.11 Å². The Morgan fingerprint density at radius 1 is 1.46 bits per heavy atom. The first-order chi connectivity index (χ1) is 5.91. The summed E-state index contributed by atoms with van der Waals surface area (Å²) in [5.41, 5.74) is -0.0812. The summed E-state index contributed by atoms with van der Waals surface area (Å²) in [7, 11) is 1.39. The summed E-state index contributed by atoms with van der Waals surface area (Å²) in [6.45, 7) is 3.99. The Morgan fingerprint density at radius 2 is 2.00 bits per heavy atom. The van der Waals surface area contributed by atoms with Crippen LogP contribution in [0.5, 0.6) is 0 Å². The van der Waals surface area contributed by atoms with Crippen molar-refractivity contribution in [3.05, 3.63) is 10.6 Å². The number of carbonyl (C=O) groups excluding carboxylic acids is 1. The van der Waals surface area contributed by atoms with Crippen molar-refractivity contribution in [3.8, 4) is 0 Å². The standard InChI is InChI=1S/C9H12Cl2O2/c1-9(2)5(4-6(10)11)7(9)8(12)13-3/h4-5,7H,1-3H3/t5-,7?/m1/s1. The summed E-state index contributed by atoms with van der Waals surface area (Å²) in [6.07, 6.45) is 1.70. The molecule has 0 saturated heterocycles. The summed E-state index contributed by atoms with van der Waals surface area (Å²) in [5, 5.41) is 0. The molecule has 1 unspecified atom stereocenters. The fourth-order valence-electron chi connectivity index (χ4n) is 1.70.